The summed E-state index contributed by atoms with van der Waals surface area (Å²) in [5.74, 6) is 0.555. The number of carbonyl (C=O) groups excluding carboxylic acids is 1. The number of nitrogen functional groups attached to an aromatic ring is 1. The number of aryl methyl sites for hydroxylation is 1. The van der Waals surface area contributed by atoms with E-state index in [2.05, 4.69) is 5.32 Å². The van der Waals surface area contributed by atoms with Crippen LogP contribution in [0.5, 0.6) is 0 Å². The molecule has 0 unspecified atom stereocenters. The van der Waals surface area contributed by atoms with Crippen LogP contribution in [0.2, 0.25) is 0 Å². The van der Waals surface area contributed by atoms with Gasteiger partial charge in [-0.15, -0.1) is 23.1 Å². The number of nitriles is 1. The summed E-state index contributed by atoms with van der Waals surface area (Å²) in [6, 6.07) is 9.65. The minimum atomic E-state index is -0.0906. The zero-order valence-corrected chi connectivity index (χ0v) is 13.2. The van der Waals surface area contributed by atoms with E-state index in [0.717, 1.165) is 16.1 Å². The van der Waals surface area contributed by atoms with Crippen molar-refractivity contribution in [2.75, 3.05) is 16.8 Å². The number of rotatable bonds is 5. The molecular formula is C15H15N3OS2. The highest BCUT2D eigenvalue weighted by atomic mass is 32.2. The lowest BCUT2D eigenvalue weighted by molar-refractivity contribution is -0.115. The van der Waals surface area contributed by atoms with Crippen LogP contribution in [0.4, 0.5) is 10.7 Å². The second-order valence-electron chi connectivity index (χ2n) is 4.46. The highest BCUT2D eigenvalue weighted by molar-refractivity contribution is 7.99. The van der Waals surface area contributed by atoms with E-state index in [1.165, 1.54) is 11.3 Å². The predicted octanol–water partition coefficient (Wildman–Crippen LogP) is 3.63. The third-order valence-corrected chi connectivity index (χ3v) is 4.71. The van der Waals surface area contributed by atoms with E-state index in [0.29, 0.717) is 22.7 Å². The molecule has 1 aromatic carbocycles. The van der Waals surface area contributed by atoms with Crippen LogP contribution in [-0.4, -0.2) is 11.7 Å². The molecule has 0 atom stereocenters. The molecule has 6 heteroatoms. The van der Waals surface area contributed by atoms with Gasteiger partial charge in [-0.1, -0.05) is 6.07 Å². The molecule has 1 heterocycles. The Labute approximate surface area is 132 Å². The van der Waals surface area contributed by atoms with Crippen molar-refractivity contribution in [2.24, 2.45) is 0 Å². The fourth-order valence-corrected chi connectivity index (χ4v) is 3.39. The van der Waals surface area contributed by atoms with Gasteiger partial charge in [0, 0.05) is 22.8 Å². The maximum atomic E-state index is 11.8. The lowest BCUT2D eigenvalue weighted by Gasteiger charge is -2.06. The Morgan fingerprint density at radius 1 is 1.48 bits per heavy atom. The third-order valence-electron chi connectivity index (χ3n) is 2.79. The van der Waals surface area contributed by atoms with Crippen LogP contribution in [0.3, 0.4) is 0 Å². The SMILES string of the molecule is Cc1ccc(SCCC(=O)Nc2sccc2C#N)c(N)c1. The largest absolute Gasteiger partial charge is 0.398 e. The first-order chi connectivity index (χ1) is 10.1. The number of hydrogen-bond acceptors (Lipinski definition) is 5. The molecule has 2 aromatic rings. The van der Waals surface area contributed by atoms with Crippen molar-refractivity contribution in [3.63, 3.8) is 0 Å². The van der Waals surface area contributed by atoms with Crippen LogP contribution in [0.25, 0.3) is 0 Å². The molecule has 4 nitrogen and oxygen atoms in total. The van der Waals surface area contributed by atoms with Crippen LogP contribution in [-0.2, 0) is 4.79 Å². The van der Waals surface area contributed by atoms with E-state index < -0.39 is 0 Å². The topological polar surface area (TPSA) is 78.9 Å². The molecule has 1 aromatic heterocycles. The monoisotopic (exact) mass is 317 g/mol. The predicted molar refractivity (Wildman–Crippen MR) is 88.6 cm³/mol. The molecule has 0 aliphatic heterocycles. The number of nitrogens with one attached hydrogen (secondary N) is 1. The fraction of sp³-hybridized carbons (Fsp3) is 0.200. The Balaban J connectivity index is 1.83. The number of nitrogens with two attached hydrogens (primary N) is 1. The Bertz CT molecular complexity index is 688. The van der Waals surface area contributed by atoms with Gasteiger partial charge in [0.1, 0.15) is 11.1 Å². The highest BCUT2D eigenvalue weighted by Crippen LogP contribution is 2.27. The zero-order chi connectivity index (χ0) is 15.2. The summed E-state index contributed by atoms with van der Waals surface area (Å²) in [4.78, 5) is 12.8. The molecular weight excluding hydrogens is 302 g/mol. The summed E-state index contributed by atoms with van der Waals surface area (Å²) in [7, 11) is 0. The maximum Gasteiger partial charge on any atom is 0.225 e. The number of hydrogen-bond donors (Lipinski definition) is 2. The first-order valence-electron chi connectivity index (χ1n) is 6.36. The van der Waals surface area contributed by atoms with Gasteiger partial charge in [0.15, 0.2) is 0 Å². The van der Waals surface area contributed by atoms with Crippen molar-refractivity contribution in [1.82, 2.24) is 0 Å². The summed E-state index contributed by atoms with van der Waals surface area (Å²) in [6.45, 7) is 1.99. The molecule has 0 radical (unpaired) electrons. The lowest BCUT2D eigenvalue weighted by atomic mass is 10.2. The molecule has 108 valence electrons. The maximum absolute atomic E-state index is 11.8. The minimum Gasteiger partial charge on any atom is -0.398 e. The highest BCUT2D eigenvalue weighted by Gasteiger charge is 2.08. The van der Waals surface area contributed by atoms with Crippen LogP contribution in [0.1, 0.15) is 17.5 Å². The number of thiophene rings is 1. The van der Waals surface area contributed by atoms with Gasteiger partial charge in [-0.2, -0.15) is 5.26 Å². The number of nitrogens with zero attached hydrogens (tertiary/aromatic N) is 1. The molecule has 2 rings (SSSR count). The smallest absolute Gasteiger partial charge is 0.225 e. The molecule has 0 aliphatic rings. The van der Waals surface area contributed by atoms with Gasteiger partial charge in [-0.3, -0.25) is 4.79 Å². The van der Waals surface area contributed by atoms with E-state index in [9.17, 15) is 4.79 Å². The molecule has 0 saturated carbocycles. The quantitative estimate of drug-likeness (QED) is 0.652. The van der Waals surface area contributed by atoms with Crippen molar-refractivity contribution in [1.29, 1.82) is 5.26 Å². The van der Waals surface area contributed by atoms with Crippen molar-refractivity contribution in [3.8, 4) is 6.07 Å². The second kappa shape index (κ2) is 7.16. The number of benzene rings is 1. The van der Waals surface area contributed by atoms with E-state index in [1.54, 1.807) is 23.2 Å². The molecule has 0 spiro atoms. The Hall–Kier alpha value is -1.97. The normalized spacial score (nSPS) is 10.1. The first kappa shape index (κ1) is 15.4. The van der Waals surface area contributed by atoms with Gasteiger partial charge >= 0.3 is 0 Å². The lowest BCUT2D eigenvalue weighted by Crippen LogP contribution is -2.11. The summed E-state index contributed by atoms with van der Waals surface area (Å²) < 4.78 is 0. The van der Waals surface area contributed by atoms with Crippen molar-refractivity contribution in [3.05, 3.63) is 40.8 Å². The summed E-state index contributed by atoms with van der Waals surface area (Å²) >= 11 is 2.91. The third kappa shape index (κ3) is 4.25. The Morgan fingerprint density at radius 2 is 2.29 bits per heavy atom. The van der Waals surface area contributed by atoms with Gasteiger partial charge in [-0.05, 0) is 36.1 Å². The standard InChI is InChI=1S/C15H15N3OS2/c1-10-2-3-13(12(17)8-10)20-7-5-14(19)18-15-11(9-16)4-6-21-15/h2-4,6,8H,5,7,17H2,1H3,(H,18,19). The van der Waals surface area contributed by atoms with Gasteiger partial charge < -0.3 is 11.1 Å². The number of anilines is 2. The molecule has 1 amide bonds. The second-order valence-corrected chi connectivity index (χ2v) is 6.52. The van der Waals surface area contributed by atoms with Crippen LogP contribution in [0.15, 0.2) is 34.5 Å². The van der Waals surface area contributed by atoms with Crippen LogP contribution >= 0.6 is 23.1 Å². The summed E-state index contributed by atoms with van der Waals surface area (Å²) in [5, 5.41) is 14.1. The molecule has 21 heavy (non-hydrogen) atoms. The van der Waals surface area contributed by atoms with Gasteiger partial charge in [0.25, 0.3) is 0 Å². The van der Waals surface area contributed by atoms with Gasteiger partial charge in [0.2, 0.25) is 5.91 Å². The average Bonchev–Trinajstić information content (AvgIpc) is 2.88. The Kier molecular flexibility index (Phi) is 5.26. The van der Waals surface area contributed by atoms with Crippen molar-refractivity contribution in [2.45, 2.75) is 18.2 Å². The number of carbonyl (C=O) groups is 1. The van der Waals surface area contributed by atoms with Crippen LogP contribution < -0.4 is 11.1 Å². The van der Waals surface area contributed by atoms with E-state index in [-0.39, 0.29) is 5.91 Å². The minimum absolute atomic E-state index is 0.0906. The van der Waals surface area contributed by atoms with E-state index in [4.69, 9.17) is 11.0 Å². The zero-order valence-electron chi connectivity index (χ0n) is 11.6. The van der Waals surface area contributed by atoms with E-state index in [1.807, 2.05) is 31.2 Å². The Morgan fingerprint density at radius 3 is 3.00 bits per heavy atom. The fourth-order valence-electron chi connectivity index (χ4n) is 1.74. The van der Waals surface area contributed by atoms with Gasteiger partial charge in [-0.25, -0.2) is 0 Å². The summed E-state index contributed by atoms with van der Waals surface area (Å²) in [6.07, 6.45) is 0.376. The number of thioether (sulfide) groups is 1. The molecule has 0 aliphatic carbocycles. The number of amides is 1. The van der Waals surface area contributed by atoms with E-state index >= 15 is 0 Å². The molecule has 3 N–H and O–H groups in total. The molecule has 0 fully saturated rings. The first-order valence-corrected chi connectivity index (χ1v) is 8.23. The van der Waals surface area contributed by atoms with Crippen molar-refractivity contribution >= 4 is 39.7 Å². The van der Waals surface area contributed by atoms with Crippen molar-refractivity contribution < 1.29 is 4.79 Å². The van der Waals surface area contributed by atoms with Crippen LogP contribution in [0, 0.1) is 18.3 Å². The molecule has 0 bridgehead atoms. The average molecular weight is 317 g/mol. The van der Waals surface area contributed by atoms with Gasteiger partial charge in [0.05, 0.1) is 5.56 Å². The summed E-state index contributed by atoms with van der Waals surface area (Å²) in [5.41, 5.74) is 8.30. The molecule has 0 saturated heterocycles.